The highest BCUT2D eigenvalue weighted by Gasteiger charge is 2.48. The third kappa shape index (κ3) is 3.76. The number of hydrogen-bond acceptors (Lipinski definition) is 3. The number of benzene rings is 1. The van der Waals surface area contributed by atoms with Gasteiger partial charge >= 0.3 is 0 Å². The summed E-state index contributed by atoms with van der Waals surface area (Å²) in [5.74, 6) is 0.686. The molecule has 1 aliphatic carbocycles. The van der Waals surface area contributed by atoms with E-state index in [0.717, 1.165) is 25.1 Å². The van der Waals surface area contributed by atoms with Gasteiger partial charge in [-0.05, 0) is 68.0 Å². The Balaban J connectivity index is 1.85. The number of allylic oxidation sites excluding steroid dienone is 2. The van der Waals surface area contributed by atoms with Crippen molar-refractivity contribution in [2.75, 3.05) is 13.1 Å². The van der Waals surface area contributed by atoms with Crippen LogP contribution in [0, 0.1) is 16.7 Å². The Hall–Kier alpha value is -1.16. The van der Waals surface area contributed by atoms with Gasteiger partial charge in [0.05, 0.1) is 5.60 Å². The van der Waals surface area contributed by atoms with Crippen LogP contribution in [-0.2, 0) is 4.74 Å². The molecular formula is C23H35NO2. The third-order valence-corrected chi connectivity index (χ3v) is 6.29. The summed E-state index contributed by atoms with van der Waals surface area (Å²) < 4.78 is 5.67. The number of aliphatic hydroxyl groups is 1. The fourth-order valence-corrected chi connectivity index (χ4v) is 5.04. The fourth-order valence-electron chi connectivity index (χ4n) is 5.04. The zero-order valence-corrected chi connectivity index (χ0v) is 17.2. The molecule has 0 saturated carbocycles. The van der Waals surface area contributed by atoms with E-state index in [1.165, 1.54) is 17.6 Å². The molecule has 3 heteroatoms. The minimum Gasteiger partial charge on any atom is -0.364 e. The lowest BCUT2D eigenvalue weighted by molar-refractivity contribution is -0.169. The van der Waals surface area contributed by atoms with Crippen LogP contribution in [-0.4, -0.2) is 23.8 Å². The van der Waals surface area contributed by atoms with Crippen LogP contribution in [0.2, 0.25) is 0 Å². The van der Waals surface area contributed by atoms with Crippen molar-refractivity contribution in [1.82, 2.24) is 5.32 Å². The molecule has 26 heavy (non-hydrogen) atoms. The zero-order valence-electron chi connectivity index (χ0n) is 17.2. The number of nitrogens with one attached hydrogen (secondary N) is 1. The molecule has 0 amide bonds. The molecule has 3 rings (SSSR count). The normalized spacial score (nSPS) is 29.7. The predicted molar refractivity (Wildman–Crippen MR) is 108 cm³/mol. The van der Waals surface area contributed by atoms with E-state index in [0.29, 0.717) is 11.3 Å². The van der Waals surface area contributed by atoms with Crippen LogP contribution in [0.25, 0.3) is 5.57 Å². The topological polar surface area (TPSA) is 41.5 Å². The Labute approximate surface area is 158 Å². The molecule has 1 saturated heterocycles. The lowest BCUT2D eigenvalue weighted by Crippen LogP contribution is -2.52. The highest BCUT2D eigenvalue weighted by Crippen LogP contribution is 2.56. The van der Waals surface area contributed by atoms with Crippen LogP contribution in [0.4, 0.5) is 0 Å². The maximum atomic E-state index is 10.3. The molecular weight excluding hydrogens is 322 g/mol. The number of hydrogen-bond donors (Lipinski definition) is 2. The largest absolute Gasteiger partial charge is 0.364 e. The van der Waals surface area contributed by atoms with E-state index in [-0.39, 0.29) is 11.0 Å². The molecule has 0 radical (unpaired) electrons. The second kappa shape index (κ2) is 6.78. The highest BCUT2D eigenvalue weighted by molar-refractivity contribution is 5.71. The monoisotopic (exact) mass is 357 g/mol. The van der Waals surface area contributed by atoms with E-state index < -0.39 is 6.29 Å². The molecule has 0 spiro atoms. The Bertz CT molecular complexity index is 668. The summed E-state index contributed by atoms with van der Waals surface area (Å²) in [7, 11) is 0. The van der Waals surface area contributed by atoms with Crippen LogP contribution in [0.15, 0.2) is 30.3 Å². The van der Waals surface area contributed by atoms with Gasteiger partial charge in [0, 0.05) is 12.1 Å². The maximum absolute atomic E-state index is 10.3. The highest BCUT2D eigenvalue weighted by atomic mass is 16.6. The Kier molecular flexibility index (Phi) is 5.11. The van der Waals surface area contributed by atoms with Gasteiger partial charge in [-0.15, -0.1) is 0 Å². The Morgan fingerprint density at radius 1 is 1.15 bits per heavy atom. The van der Waals surface area contributed by atoms with Crippen molar-refractivity contribution in [2.24, 2.45) is 16.7 Å². The quantitative estimate of drug-likeness (QED) is 0.754. The molecule has 2 aliphatic rings. The van der Waals surface area contributed by atoms with Crippen LogP contribution in [0.1, 0.15) is 71.8 Å². The Morgan fingerprint density at radius 3 is 2.42 bits per heavy atom. The fraction of sp³-hybridized carbons (Fsp3) is 0.652. The van der Waals surface area contributed by atoms with Crippen LogP contribution in [0.3, 0.4) is 0 Å². The van der Waals surface area contributed by atoms with Crippen molar-refractivity contribution in [2.45, 2.75) is 66.3 Å². The molecule has 1 aliphatic heterocycles. The van der Waals surface area contributed by atoms with Gasteiger partial charge in [-0.2, -0.15) is 0 Å². The summed E-state index contributed by atoms with van der Waals surface area (Å²) >= 11 is 0. The van der Waals surface area contributed by atoms with Gasteiger partial charge in [0.2, 0.25) is 0 Å². The van der Waals surface area contributed by atoms with Crippen molar-refractivity contribution in [3.05, 3.63) is 41.5 Å². The molecule has 1 unspecified atom stereocenters. The first-order valence-corrected chi connectivity index (χ1v) is 9.90. The molecule has 1 heterocycles. The molecule has 1 aromatic rings. The van der Waals surface area contributed by atoms with Crippen molar-refractivity contribution in [3.63, 3.8) is 0 Å². The summed E-state index contributed by atoms with van der Waals surface area (Å²) in [6, 6.07) is 8.28. The summed E-state index contributed by atoms with van der Waals surface area (Å²) in [6.07, 6.45) is 3.92. The van der Waals surface area contributed by atoms with Crippen LogP contribution in [0.5, 0.6) is 0 Å². The van der Waals surface area contributed by atoms with Gasteiger partial charge in [0.15, 0.2) is 6.29 Å². The summed E-state index contributed by atoms with van der Waals surface area (Å²) in [5.41, 5.74) is 3.65. The van der Waals surface area contributed by atoms with Gasteiger partial charge in [-0.25, -0.2) is 0 Å². The number of rotatable bonds is 3. The molecule has 3 atom stereocenters. The van der Waals surface area contributed by atoms with Crippen LogP contribution >= 0.6 is 0 Å². The van der Waals surface area contributed by atoms with E-state index in [2.05, 4.69) is 44.3 Å². The van der Waals surface area contributed by atoms with Crippen LogP contribution < -0.4 is 5.32 Å². The van der Waals surface area contributed by atoms with Gasteiger partial charge in [0.1, 0.15) is 0 Å². The minimum atomic E-state index is -0.884. The maximum Gasteiger partial charge on any atom is 0.181 e. The summed E-state index contributed by atoms with van der Waals surface area (Å²) in [4.78, 5) is 0. The number of piperidine rings is 1. The van der Waals surface area contributed by atoms with Gasteiger partial charge in [-0.1, -0.05) is 51.1 Å². The molecule has 0 bridgehead atoms. The molecule has 0 aromatic heterocycles. The third-order valence-electron chi connectivity index (χ3n) is 6.29. The summed E-state index contributed by atoms with van der Waals surface area (Å²) in [5, 5.41) is 13.9. The number of aliphatic hydroxyl groups excluding tert-OH is 1. The second-order valence-electron chi connectivity index (χ2n) is 9.92. The molecule has 144 valence electrons. The average Bonchev–Trinajstić information content (AvgIpc) is 2.53. The van der Waals surface area contributed by atoms with Gasteiger partial charge in [-0.3, -0.25) is 0 Å². The van der Waals surface area contributed by atoms with E-state index in [1.54, 1.807) is 0 Å². The first-order valence-electron chi connectivity index (χ1n) is 9.90. The minimum absolute atomic E-state index is 0.150. The molecule has 1 aromatic carbocycles. The predicted octanol–water partition coefficient (Wildman–Crippen LogP) is 4.92. The van der Waals surface area contributed by atoms with E-state index in [9.17, 15) is 5.11 Å². The lowest BCUT2D eigenvalue weighted by Gasteiger charge is -2.53. The van der Waals surface area contributed by atoms with Crippen molar-refractivity contribution in [3.8, 4) is 0 Å². The lowest BCUT2D eigenvalue weighted by atomic mass is 9.53. The first-order chi connectivity index (χ1) is 12.0. The Morgan fingerprint density at radius 2 is 1.81 bits per heavy atom. The van der Waals surface area contributed by atoms with E-state index in [4.69, 9.17) is 4.74 Å². The van der Waals surface area contributed by atoms with Gasteiger partial charge in [0.25, 0.3) is 0 Å². The standard InChI is InChI=1S/C23H35NO2/c1-21(2,3)26-20(25)17-9-7-16(8-10-17)18-11-13-23(6)15-24-14-12-19(23)22(18,4)5/h7-11,19-20,24-25H,12-15H2,1-6H3/t19-,20?,23+/m0/s1. The molecule has 1 fully saturated rings. The zero-order chi connectivity index (χ0) is 19.2. The van der Waals surface area contributed by atoms with E-state index >= 15 is 0 Å². The number of fused-ring (bicyclic) bond motifs is 1. The number of ether oxygens (including phenoxy) is 1. The second-order valence-corrected chi connectivity index (χ2v) is 9.92. The van der Waals surface area contributed by atoms with Gasteiger partial charge < -0.3 is 15.2 Å². The van der Waals surface area contributed by atoms with Crippen molar-refractivity contribution in [1.29, 1.82) is 0 Å². The summed E-state index contributed by atoms with van der Waals surface area (Å²) in [6.45, 7) is 15.3. The smallest absolute Gasteiger partial charge is 0.181 e. The average molecular weight is 358 g/mol. The molecule has 2 N–H and O–H groups in total. The van der Waals surface area contributed by atoms with E-state index in [1.807, 2.05) is 32.9 Å². The SMILES string of the molecule is CC(C)(C)OC(O)c1ccc(C2=CC[C@]3(C)CNCC[C@H]3C2(C)C)cc1. The first kappa shape index (κ1) is 19.6. The molecule has 3 nitrogen and oxygen atoms in total. The van der Waals surface area contributed by atoms with Crippen molar-refractivity contribution < 1.29 is 9.84 Å². The van der Waals surface area contributed by atoms with Crippen molar-refractivity contribution >= 4 is 5.57 Å².